The largest absolute Gasteiger partial charge is 0.494 e. The van der Waals surface area contributed by atoms with Crippen molar-refractivity contribution in [3.05, 3.63) is 81.7 Å². The van der Waals surface area contributed by atoms with Gasteiger partial charge < -0.3 is 19.5 Å². The van der Waals surface area contributed by atoms with Crippen LogP contribution in [0.3, 0.4) is 0 Å². The number of hydrogen-bond donors (Lipinski definition) is 1. The topological polar surface area (TPSA) is 109 Å². The van der Waals surface area contributed by atoms with Crippen LogP contribution < -0.4 is 20.3 Å². The van der Waals surface area contributed by atoms with Gasteiger partial charge in [0.15, 0.2) is 0 Å². The molecular weight excluding hydrogens is 494 g/mol. The highest BCUT2D eigenvalue weighted by atomic mass is 32.1. The minimum atomic E-state index is -0.833. The lowest BCUT2D eigenvalue weighted by molar-refractivity contribution is -0.118. The second kappa shape index (κ2) is 11.7. The van der Waals surface area contributed by atoms with Gasteiger partial charge in [0, 0.05) is 5.69 Å². The number of aromatic nitrogens is 2. The van der Waals surface area contributed by atoms with Gasteiger partial charge in [-0.15, -0.1) is 11.3 Å². The van der Waals surface area contributed by atoms with E-state index in [-0.39, 0.29) is 19.1 Å². The van der Waals surface area contributed by atoms with E-state index in [0.717, 1.165) is 11.3 Å². The number of benzene rings is 2. The fourth-order valence-corrected chi connectivity index (χ4v) is 4.69. The number of hydrogen-bond acceptors (Lipinski definition) is 8. The summed E-state index contributed by atoms with van der Waals surface area (Å²) >= 11 is 1.09. The molecule has 2 aromatic carbocycles. The number of ether oxygens (including phenoxy) is 3. The Morgan fingerprint density at radius 1 is 1.03 bits per heavy atom. The van der Waals surface area contributed by atoms with Gasteiger partial charge in [-0.3, -0.25) is 14.2 Å². The van der Waals surface area contributed by atoms with Crippen molar-refractivity contribution in [2.75, 3.05) is 25.1 Å². The molecule has 4 aromatic rings. The van der Waals surface area contributed by atoms with Crippen molar-refractivity contribution >= 4 is 39.1 Å². The molecule has 9 nitrogen and oxygen atoms in total. The fourth-order valence-electron chi connectivity index (χ4n) is 3.66. The Hall–Kier alpha value is -4.18. The summed E-state index contributed by atoms with van der Waals surface area (Å²) in [6.45, 7) is 5.98. The quantitative estimate of drug-likeness (QED) is 0.240. The predicted octanol–water partition coefficient (Wildman–Crippen LogP) is 4.60. The molecule has 0 aliphatic heterocycles. The Kier molecular flexibility index (Phi) is 8.19. The summed E-state index contributed by atoms with van der Waals surface area (Å²) in [7, 11) is 0. The first-order chi connectivity index (χ1) is 17.9. The van der Waals surface area contributed by atoms with Crippen LogP contribution in [-0.4, -0.2) is 41.2 Å². The van der Waals surface area contributed by atoms with E-state index in [4.69, 9.17) is 14.2 Å². The van der Waals surface area contributed by atoms with Crippen LogP contribution >= 0.6 is 11.3 Å². The van der Waals surface area contributed by atoms with Gasteiger partial charge in [0.1, 0.15) is 40.5 Å². The van der Waals surface area contributed by atoms with Crippen LogP contribution in [0.2, 0.25) is 0 Å². The summed E-state index contributed by atoms with van der Waals surface area (Å²) in [5.74, 6) is 0.454. The Morgan fingerprint density at radius 2 is 1.73 bits per heavy atom. The number of para-hydroxylation sites is 1. The smallest absolute Gasteiger partial charge is 0.348 e. The van der Waals surface area contributed by atoms with Crippen molar-refractivity contribution in [3.63, 3.8) is 0 Å². The van der Waals surface area contributed by atoms with E-state index in [1.165, 1.54) is 10.9 Å². The molecule has 0 fully saturated rings. The van der Waals surface area contributed by atoms with E-state index in [1.807, 2.05) is 37.3 Å². The number of thiophene rings is 1. The summed E-state index contributed by atoms with van der Waals surface area (Å²) in [6.07, 6.45) is 1.33. The van der Waals surface area contributed by atoms with Crippen LogP contribution in [0.25, 0.3) is 10.2 Å². The van der Waals surface area contributed by atoms with Crippen LogP contribution in [0.4, 0.5) is 5.69 Å². The number of aryl methyl sites for hydroxylation is 1. The number of rotatable bonds is 10. The molecule has 1 atom stereocenters. The third-order valence-corrected chi connectivity index (χ3v) is 6.80. The Morgan fingerprint density at radius 3 is 2.43 bits per heavy atom. The molecule has 0 bridgehead atoms. The number of anilines is 1. The molecule has 0 radical (unpaired) electrons. The van der Waals surface area contributed by atoms with Crippen LogP contribution in [0, 0.1) is 6.92 Å². The lowest BCUT2D eigenvalue weighted by Crippen LogP contribution is -2.31. The van der Waals surface area contributed by atoms with Gasteiger partial charge in [0.25, 0.3) is 5.56 Å². The van der Waals surface area contributed by atoms with E-state index in [2.05, 4.69) is 10.3 Å². The molecule has 37 heavy (non-hydrogen) atoms. The van der Waals surface area contributed by atoms with Gasteiger partial charge in [0.05, 0.1) is 18.3 Å². The van der Waals surface area contributed by atoms with E-state index in [0.29, 0.717) is 44.5 Å². The van der Waals surface area contributed by atoms with Gasteiger partial charge in [0.2, 0.25) is 5.91 Å². The molecule has 0 aliphatic rings. The first-order valence-electron chi connectivity index (χ1n) is 11.8. The highest BCUT2D eigenvalue weighted by molar-refractivity contribution is 7.20. The van der Waals surface area contributed by atoms with Gasteiger partial charge in [-0.1, -0.05) is 18.2 Å². The maximum Gasteiger partial charge on any atom is 0.348 e. The Bertz CT molecular complexity index is 1450. The molecule has 0 saturated carbocycles. The normalized spacial score (nSPS) is 11.6. The van der Waals surface area contributed by atoms with Gasteiger partial charge in [-0.05, 0) is 62.7 Å². The number of fused-ring (bicyclic) bond motifs is 1. The second-order valence-corrected chi connectivity index (χ2v) is 9.11. The number of nitrogens with zero attached hydrogens (tertiary/aromatic N) is 2. The third-order valence-electron chi connectivity index (χ3n) is 5.62. The molecule has 1 unspecified atom stereocenters. The number of carbonyl (C=O) groups is 2. The maximum absolute atomic E-state index is 13.3. The average Bonchev–Trinajstić information content (AvgIpc) is 3.25. The van der Waals surface area contributed by atoms with Crippen molar-refractivity contribution in [1.29, 1.82) is 0 Å². The van der Waals surface area contributed by atoms with Crippen molar-refractivity contribution in [2.45, 2.75) is 26.8 Å². The summed E-state index contributed by atoms with van der Waals surface area (Å²) in [5, 5.41) is 3.09. The minimum absolute atomic E-state index is 0.0574. The summed E-state index contributed by atoms with van der Waals surface area (Å²) < 4.78 is 17.6. The van der Waals surface area contributed by atoms with Gasteiger partial charge in [-0.2, -0.15) is 0 Å². The SMILES string of the molecule is CCOc1ccc(NC(=O)C(C)n2cnc3sc(C(=O)OCCOc4ccccc4)c(C)c3c2=O)cc1. The van der Waals surface area contributed by atoms with Crippen molar-refractivity contribution in [1.82, 2.24) is 9.55 Å². The lowest BCUT2D eigenvalue weighted by atomic mass is 10.2. The number of nitrogens with one attached hydrogen (secondary N) is 1. The van der Waals surface area contributed by atoms with Gasteiger partial charge in [-0.25, -0.2) is 9.78 Å². The zero-order chi connectivity index (χ0) is 26.4. The average molecular weight is 522 g/mol. The number of esters is 1. The van der Waals surface area contributed by atoms with Crippen LogP contribution in [-0.2, 0) is 9.53 Å². The zero-order valence-corrected chi connectivity index (χ0v) is 21.5. The molecule has 0 spiro atoms. The second-order valence-electron chi connectivity index (χ2n) is 8.11. The lowest BCUT2D eigenvalue weighted by Gasteiger charge is -2.15. The summed E-state index contributed by atoms with van der Waals surface area (Å²) in [5.41, 5.74) is 0.648. The van der Waals surface area contributed by atoms with Crippen molar-refractivity contribution < 1.29 is 23.8 Å². The molecule has 0 saturated heterocycles. The Labute approximate surface area is 217 Å². The Balaban J connectivity index is 1.44. The standard InChI is InChI=1S/C27H27N3O6S/c1-4-34-21-12-10-19(11-13-21)29-24(31)18(3)30-16-28-25-22(26(30)32)17(2)23(37-25)27(33)36-15-14-35-20-8-6-5-7-9-20/h5-13,16,18H,4,14-15H2,1-3H3,(H,29,31). The van der Waals surface area contributed by atoms with E-state index in [1.54, 1.807) is 38.1 Å². The molecule has 2 heterocycles. The summed E-state index contributed by atoms with van der Waals surface area (Å²) in [6, 6.07) is 15.4. The van der Waals surface area contributed by atoms with Crippen molar-refractivity contribution in [3.8, 4) is 11.5 Å². The van der Waals surface area contributed by atoms with Crippen molar-refractivity contribution in [2.24, 2.45) is 0 Å². The van der Waals surface area contributed by atoms with Crippen LogP contribution in [0.1, 0.15) is 35.1 Å². The minimum Gasteiger partial charge on any atom is -0.494 e. The molecule has 2 aromatic heterocycles. The van der Waals surface area contributed by atoms with Crippen LogP contribution in [0.5, 0.6) is 11.5 Å². The molecule has 1 N–H and O–H groups in total. The zero-order valence-electron chi connectivity index (χ0n) is 20.7. The summed E-state index contributed by atoms with van der Waals surface area (Å²) in [4.78, 5) is 43.8. The van der Waals surface area contributed by atoms with E-state index < -0.39 is 17.6 Å². The van der Waals surface area contributed by atoms with E-state index >= 15 is 0 Å². The highest BCUT2D eigenvalue weighted by Crippen LogP contribution is 2.28. The van der Waals surface area contributed by atoms with Gasteiger partial charge >= 0.3 is 5.97 Å². The number of amides is 1. The predicted molar refractivity (Wildman–Crippen MR) is 142 cm³/mol. The molecule has 10 heteroatoms. The first kappa shape index (κ1) is 25.9. The molecule has 192 valence electrons. The third kappa shape index (κ3) is 5.97. The van der Waals surface area contributed by atoms with E-state index in [9.17, 15) is 14.4 Å². The monoisotopic (exact) mass is 521 g/mol. The maximum atomic E-state index is 13.3. The fraction of sp³-hybridized carbons (Fsp3) is 0.259. The molecule has 0 aliphatic carbocycles. The molecule has 1 amide bonds. The van der Waals surface area contributed by atoms with Crippen LogP contribution in [0.15, 0.2) is 65.7 Å². The highest BCUT2D eigenvalue weighted by Gasteiger charge is 2.23. The molecule has 4 rings (SSSR count). The first-order valence-corrected chi connectivity index (χ1v) is 12.6. The molecular formula is C27H27N3O6S. The number of carbonyl (C=O) groups excluding carboxylic acids is 2.